The maximum absolute atomic E-state index is 10.9. The largest absolute Gasteiger partial charge is 0.496 e. The van der Waals surface area contributed by atoms with E-state index >= 15 is 0 Å². The average molecular weight is 465 g/mol. The number of aldehydes is 1. The minimum absolute atomic E-state index is 0.154. The van der Waals surface area contributed by atoms with Crippen molar-refractivity contribution >= 4 is 12.3 Å². The van der Waals surface area contributed by atoms with Crippen molar-refractivity contribution in [3.05, 3.63) is 71.3 Å². The Labute approximate surface area is 199 Å². The van der Waals surface area contributed by atoms with Gasteiger partial charge in [0.2, 0.25) is 0 Å². The van der Waals surface area contributed by atoms with Gasteiger partial charge in [0.1, 0.15) is 49.1 Å². The van der Waals surface area contributed by atoms with E-state index in [1.165, 1.54) is 6.92 Å². The first-order chi connectivity index (χ1) is 16.5. The number of esters is 1. The summed E-state index contributed by atoms with van der Waals surface area (Å²) in [5.74, 6) is 2.05. The highest BCUT2D eigenvalue weighted by atomic mass is 16.6. The van der Waals surface area contributed by atoms with E-state index in [2.05, 4.69) is 0 Å². The van der Waals surface area contributed by atoms with Crippen molar-refractivity contribution in [2.45, 2.75) is 20.5 Å². The van der Waals surface area contributed by atoms with Crippen molar-refractivity contribution in [1.29, 1.82) is 0 Å². The summed E-state index contributed by atoms with van der Waals surface area (Å²) in [6, 6.07) is 16.5. The number of methoxy groups -OCH3 is 2. The monoisotopic (exact) mass is 464 g/mol. The summed E-state index contributed by atoms with van der Waals surface area (Å²) >= 11 is 0. The van der Waals surface area contributed by atoms with Crippen LogP contribution >= 0.6 is 0 Å². The van der Waals surface area contributed by atoms with Gasteiger partial charge in [0, 0.05) is 24.6 Å². The van der Waals surface area contributed by atoms with E-state index in [4.69, 9.17) is 23.7 Å². The number of ether oxygens (including phenoxy) is 5. The third-order valence-corrected chi connectivity index (χ3v) is 5.26. The van der Waals surface area contributed by atoms with Crippen LogP contribution in [0.1, 0.15) is 28.4 Å². The molecule has 0 bridgehead atoms. The molecule has 0 saturated heterocycles. The van der Waals surface area contributed by atoms with Crippen molar-refractivity contribution in [3.63, 3.8) is 0 Å². The highest BCUT2D eigenvalue weighted by molar-refractivity contribution is 5.81. The fraction of sp³-hybridized carbons (Fsp3) is 0.259. The van der Waals surface area contributed by atoms with E-state index in [9.17, 15) is 9.59 Å². The fourth-order valence-corrected chi connectivity index (χ4v) is 3.50. The van der Waals surface area contributed by atoms with E-state index in [1.54, 1.807) is 50.6 Å². The zero-order valence-corrected chi connectivity index (χ0v) is 19.8. The Balaban J connectivity index is 1.86. The normalized spacial score (nSPS) is 10.4. The van der Waals surface area contributed by atoms with Crippen molar-refractivity contribution < 1.29 is 33.3 Å². The van der Waals surface area contributed by atoms with Gasteiger partial charge in [0.25, 0.3) is 0 Å². The number of carbonyl (C=O) groups is 2. The van der Waals surface area contributed by atoms with Gasteiger partial charge in [0.05, 0.1) is 19.8 Å². The van der Waals surface area contributed by atoms with E-state index in [-0.39, 0.29) is 19.2 Å². The smallest absolute Gasteiger partial charge is 0.302 e. The predicted molar refractivity (Wildman–Crippen MR) is 128 cm³/mol. The Morgan fingerprint density at radius 3 is 2.15 bits per heavy atom. The van der Waals surface area contributed by atoms with Gasteiger partial charge >= 0.3 is 5.97 Å². The third-order valence-electron chi connectivity index (χ3n) is 5.26. The lowest BCUT2D eigenvalue weighted by atomic mass is 9.95. The highest BCUT2D eigenvalue weighted by Crippen LogP contribution is 2.43. The van der Waals surface area contributed by atoms with Crippen molar-refractivity contribution in [2.75, 3.05) is 27.4 Å². The molecule has 0 aromatic heterocycles. The van der Waals surface area contributed by atoms with Gasteiger partial charge in [-0.3, -0.25) is 9.59 Å². The van der Waals surface area contributed by atoms with Crippen LogP contribution in [0.15, 0.2) is 54.6 Å². The quantitative estimate of drug-likeness (QED) is 0.224. The van der Waals surface area contributed by atoms with Crippen molar-refractivity contribution in [1.82, 2.24) is 0 Å². The Morgan fingerprint density at radius 2 is 1.56 bits per heavy atom. The number of rotatable bonds is 11. The first-order valence-electron chi connectivity index (χ1n) is 10.8. The van der Waals surface area contributed by atoms with E-state index in [0.29, 0.717) is 35.2 Å². The van der Waals surface area contributed by atoms with Crippen LogP contribution in [0.5, 0.6) is 23.0 Å². The van der Waals surface area contributed by atoms with E-state index in [1.807, 2.05) is 25.1 Å². The first-order valence-corrected chi connectivity index (χ1v) is 10.8. The molecule has 7 nitrogen and oxygen atoms in total. The van der Waals surface area contributed by atoms with E-state index in [0.717, 1.165) is 28.5 Å². The molecule has 7 heteroatoms. The fourth-order valence-electron chi connectivity index (χ4n) is 3.50. The third kappa shape index (κ3) is 6.07. The lowest BCUT2D eigenvalue weighted by Crippen LogP contribution is -2.09. The molecule has 34 heavy (non-hydrogen) atoms. The molecule has 3 aromatic carbocycles. The molecule has 0 heterocycles. The molecule has 0 unspecified atom stereocenters. The SMILES string of the molecule is COc1cc(OCCOC(C)=O)cc(OC)c1-c1cccc(COc2ccc(C=O)cc2)c1C. The van der Waals surface area contributed by atoms with Gasteiger partial charge in [-0.2, -0.15) is 0 Å². The van der Waals surface area contributed by atoms with Gasteiger partial charge in [0.15, 0.2) is 0 Å². The molecule has 0 aliphatic carbocycles. The molecule has 0 N–H and O–H groups in total. The topological polar surface area (TPSA) is 80.3 Å². The van der Waals surface area contributed by atoms with Gasteiger partial charge in [-0.15, -0.1) is 0 Å². The molecule has 0 atom stereocenters. The van der Waals surface area contributed by atoms with Crippen LogP contribution in [0.4, 0.5) is 0 Å². The second kappa shape index (κ2) is 11.7. The Morgan fingerprint density at radius 1 is 0.882 bits per heavy atom. The molecule has 3 rings (SSSR count). The summed E-state index contributed by atoms with van der Waals surface area (Å²) in [7, 11) is 3.18. The van der Waals surface area contributed by atoms with Crippen molar-refractivity contribution in [3.8, 4) is 34.1 Å². The Kier molecular flexibility index (Phi) is 8.51. The number of carbonyl (C=O) groups excluding carboxylic acids is 2. The van der Waals surface area contributed by atoms with Crippen molar-refractivity contribution in [2.24, 2.45) is 0 Å². The number of benzene rings is 3. The Bertz CT molecular complexity index is 1110. The van der Waals surface area contributed by atoms with Crippen LogP contribution < -0.4 is 18.9 Å². The summed E-state index contributed by atoms with van der Waals surface area (Å²) in [6.45, 7) is 4.10. The molecule has 0 aliphatic rings. The standard InChI is InChI=1S/C27H28O7/c1-18-21(17-34-22-10-8-20(16-28)9-11-22)6-5-7-24(18)27-25(30-3)14-23(15-26(27)31-4)33-13-12-32-19(2)29/h5-11,14-16H,12-13,17H2,1-4H3. The number of hydrogen-bond acceptors (Lipinski definition) is 7. The summed E-state index contributed by atoms with van der Waals surface area (Å²) in [5, 5.41) is 0. The number of hydrogen-bond donors (Lipinski definition) is 0. The highest BCUT2D eigenvalue weighted by Gasteiger charge is 2.18. The summed E-state index contributed by atoms with van der Waals surface area (Å²) < 4.78 is 27.9. The summed E-state index contributed by atoms with van der Waals surface area (Å²) in [4.78, 5) is 21.8. The first kappa shape index (κ1) is 24.6. The minimum atomic E-state index is -0.355. The molecule has 0 fully saturated rings. The molecule has 0 spiro atoms. The molecule has 3 aromatic rings. The second-order valence-electron chi connectivity index (χ2n) is 7.46. The van der Waals surface area contributed by atoms with Crippen LogP contribution in [-0.4, -0.2) is 39.7 Å². The molecule has 0 aliphatic heterocycles. The summed E-state index contributed by atoms with van der Waals surface area (Å²) in [6.07, 6.45) is 0.800. The second-order valence-corrected chi connectivity index (χ2v) is 7.46. The summed E-state index contributed by atoms with van der Waals surface area (Å²) in [5.41, 5.74) is 4.36. The predicted octanol–water partition coefficient (Wildman–Crippen LogP) is 5.01. The molecule has 178 valence electrons. The van der Waals surface area contributed by atoms with Crippen LogP contribution in [-0.2, 0) is 16.1 Å². The molecule has 0 radical (unpaired) electrons. The minimum Gasteiger partial charge on any atom is -0.496 e. The molecule has 0 saturated carbocycles. The van der Waals surface area contributed by atoms with Crippen LogP contribution in [0, 0.1) is 6.92 Å². The van der Waals surface area contributed by atoms with Crippen LogP contribution in [0.2, 0.25) is 0 Å². The zero-order valence-electron chi connectivity index (χ0n) is 19.8. The lowest BCUT2D eigenvalue weighted by Gasteiger charge is -2.19. The van der Waals surface area contributed by atoms with Gasteiger partial charge in [-0.1, -0.05) is 18.2 Å². The zero-order chi connectivity index (χ0) is 24.5. The molecular formula is C27H28O7. The molecular weight excluding hydrogens is 436 g/mol. The van der Waals surface area contributed by atoms with Gasteiger partial charge in [-0.25, -0.2) is 0 Å². The van der Waals surface area contributed by atoms with E-state index < -0.39 is 0 Å². The maximum atomic E-state index is 10.9. The molecule has 0 amide bonds. The maximum Gasteiger partial charge on any atom is 0.302 e. The van der Waals surface area contributed by atoms with Gasteiger partial charge in [-0.05, 0) is 47.9 Å². The lowest BCUT2D eigenvalue weighted by molar-refractivity contribution is -0.141. The van der Waals surface area contributed by atoms with Crippen LogP contribution in [0.25, 0.3) is 11.1 Å². The van der Waals surface area contributed by atoms with Crippen LogP contribution in [0.3, 0.4) is 0 Å². The van der Waals surface area contributed by atoms with Gasteiger partial charge < -0.3 is 23.7 Å². The Hall–Kier alpha value is -4.00. The average Bonchev–Trinajstić information content (AvgIpc) is 2.85.